The van der Waals surface area contributed by atoms with Gasteiger partial charge in [0.1, 0.15) is 11.6 Å². The Balaban J connectivity index is 1.66. The first kappa shape index (κ1) is 17.2. The van der Waals surface area contributed by atoms with Crippen LogP contribution >= 0.6 is 11.6 Å². The van der Waals surface area contributed by atoms with Crippen LogP contribution in [0.15, 0.2) is 42.5 Å². The number of aliphatic hydroxyl groups is 1. The number of halogens is 2. The number of nitrogens with zero attached hydrogens (tertiary/aromatic N) is 1. The Kier molecular flexibility index (Phi) is 5.39. The molecule has 2 atom stereocenters. The Morgan fingerprint density at radius 2 is 1.96 bits per heavy atom. The Hall–Kier alpha value is -1.62. The third-order valence-corrected chi connectivity index (χ3v) is 4.82. The number of likely N-dealkylation sites (tertiary alicyclic amines) is 1. The van der Waals surface area contributed by atoms with E-state index < -0.39 is 11.9 Å². The van der Waals surface area contributed by atoms with Gasteiger partial charge in [-0.05, 0) is 60.7 Å². The Bertz CT molecular complexity index is 672. The van der Waals surface area contributed by atoms with Crippen molar-refractivity contribution in [2.75, 3.05) is 19.6 Å². The van der Waals surface area contributed by atoms with Gasteiger partial charge in [-0.1, -0.05) is 23.7 Å². The van der Waals surface area contributed by atoms with Gasteiger partial charge in [0.25, 0.3) is 0 Å². The van der Waals surface area contributed by atoms with Crippen molar-refractivity contribution in [3.63, 3.8) is 0 Å². The van der Waals surface area contributed by atoms with Gasteiger partial charge in [-0.3, -0.25) is 4.90 Å². The minimum atomic E-state index is -0.582. The molecular formula is C19H21ClFNO2. The summed E-state index contributed by atoms with van der Waals surface area (Å²) in [6.07, 6.45) is 1.35. The Morgan fingerprint density at radius 1 is 1.21 bits per heavy atom. The van der Waals surface area contributed by atoms with Crippen molar-refractivity contribution in [3.05, 3.63) is 64.4 Å². The summed E-state index contributed by atoms with van der Waals surface area (Å²) in [5.74, 6) is -0.288. The van der Waals surface area contributed by atoms with E-state index in [0.717, 1.165) is 43.1 Å². The van der Waals surface area contributed by atoms with Crippen LogP contribution in [0.25, 0.3) is 0 Å². The second kappa shape index (κ2) is 7.51. The van der Waals surface area contributed by atoms with Crippen LogP contribution < -0.4 is 0 Å². The normalized spacial score (nSPS) is 20.0. The summed E-state index contributed by atoms with van der Waals surface area (Å²) >= 11 is 5.88. The highest BCUT2D eigenvalue weighted by Crippen LogP contribution is 2.30. The van der Waals surface area contributed by atoms with E-state index in [1.165, 1.54) is 6.07 Å². The number of benzene rings is 2. The van der Waals surface area contributed by atoms with Crippen LogP contribution in [0.4, 0.5) is 4.39 Å². The lowest BCUT2D eigenvalue weighted by Crippen LogP contribution is -2.37. The predicted molar refractivity (Wildman–Crippen MR) is 92.9 cm³/mol. The van der Waals surface area contributed by atoms with Crippen LogP contribution in [-0.2, 0) is 0 Å². The number of piperidine rings is 1. The van der Waals surface area contributed by atoms with Gasteiger partial charge in [0.05, 0.1) is 6.10 Å². The van der Waals surface area contributed by atoms with E-state index in [2.05, 4.69) is 4.90 Å². The Morgan fingerprint density at radius 3 is 2.67 bits per heavy atom. The van der Waals surface area contributed by atoms with Crippen LogP contribution in [0.5, 0.6) is 5.75 Å². The van der Waals surface area contributed by atoms with Crippen molar-refractivity contribution >= 4 is 11.6 Å². The maximum atomic E-state index is 13.5. The molecule has 1 unspecified atom stereocenters. The molecule has 24 heavy (non-hydrogen) atoms. The van der Waals surface area contributed by atoms with E-state index >= 15 is 0 Å². The van der Waals surface area contributed by atoms with Crippen molar-refractivity contribution in [3.8, 4) is 5.75 Å². The zero-order valence-electron chi connectivity index (χ0n) is 13.3. The van der Waals surface area contributed by atoms with Crippen LogP contribution in [0.3, 0.4) is 0 Å². The topological polar surface area (TPSA) is 43.7 Å². The summed E-state index contributed by atoms with van der Waals surface area (Å²) in [6.45, 7) is 2.18. The summed E-state index contributed by atoms with van der Waals surface area (Å²) in [7, 11) is 0. The molecule has 0 amide bonds. The molecule has 5 heteroatoms. The molecule has 2 N–H and O–H groups in total. The molecule has 2 aromatic rings. The largest absolute Gasteiger partial charge is 0.508 e. The molecule has 0 aliphatic carbocycles. The number of hydrogen-bond donors (Lipinski definition) is 2. The van der Waals surface area contributed by atoms with Gasteiger partial charge in [-0.15, -0.1) is 0 Å². The third kappa shape index (κ3) is 4.26. The fraction of sp³-hybridized carbons (Fsp3) is 0.368. The first-order chi connectivity index (χ1) is 11.5. The zero-order chi connectivity index (χ0) is 17.1. The second-order valence-corrected chi connectivity index (χ2v) is 6.85. The Labute approximate surface area is 146 Å². The zero-order valence-corrected chi connectivity index (χ0v) is 14.1. The lowest BCUT2D eigenvalue weighted by molar-refractivity contribution is 0.0954. The molecule has 128 valence electrons. The summed E-state index contributed by atoms with van der Waals surface area (Å²) < 4.78 is 13.5. The second-order valence-electron chi connectivity index (χ2n) is 6.41. The highest BCUT2D eigenvalue weighted by atomic mass is 35.5. The van der Waals surface area contributed by atoms with E-state index in [0.29, 0.717) is 11.6 Å². The fourth-order valence-electron chi connectivity index (χ4n) is 3.36. The number of hydrogen-bond acceptors (Lipinski definition) is 3. The molecule has 0 saturated carbocycles. The molecule has 1 aliphatic heterocycles. The first-order valence-electron chi connectivity index (χ1n) is 8.16. The highest BCUT2D eigenvalue weighted by Gasteiger charge is 2.24. The molecule has 0 aromatic heterocycles. The van der Waals surface area contributed by atoms with Gasteiger partial charge in [0.15, 0.2) is 0 Å². The van der Waals surface area contributed by atoms with Crippen molar-refractivity contribution in [2.24, 2.45) is 0 Å². The monoisotopic (exact) mass is 349 g/mol. The molecule has 1 fully saturated rings. The lowest BCUT2D eigenvalue weighted by atomic mass is 9.90. The van der Waals surface area contributed by atoms with Crippen LogP contribution in [0.1, 0.15) is 36.0 Å². The minimum absolute atomic E-state index is 0.0386. The van der Waals surface area contributed by atoms with Crippen molar-refractivity contribution in [1.29, 1.82) is 0 Å². The first-order valence-corrected chi connectivity index (χ1v) is 8.54. The number of phenolic OH excluding ortho intramolecular Hbond substituents is 1. The van der Waals surface area contributed by atoms with Crippen molar-refractivity contribution in [1.82, 2.24) is 4.90 Å². The maximum Gasteiger partial charge on any atom is 0.127 e. The molecule has 3 nitrogen and oxygen atoms in total. The van der Waals surface area contributed by atoms with Crippen molar-refractivity contribution < 1.29 is 14.6 Å². The van der Waals surface area contributed by atoms with Crippen LogP contribution in [0.2, 0.25) is 5.02 Å². The summed E-state index contributed by atoms with van der Waals surface area (Å²) in [4.78, 5) is 2.19. The molecule has 0 radical (unpaired) electrons. The number of rotatable bonds is 4. The number of aromatic hydroxyl groups is 1. The van der Waals surface area contributed by atoms with E-state index in [9.17, 15) is 14.6 Å². The van der Waals surface area contributed by atoms with Crippen LogP contribution in [-0.4, -0.2) is 34.7 Å². The third-order valence-electron chi connectivity index (χ3n) is 4.57. The molecular weight excluding hydrogens is 329 g/mol. The number of aliphatic hydroxyl groups excluding tert-OH is 1. The average molecular weight is 350 g/mol. The molecule has 1 heterocycles. The molecule has 1 saturated heterocycles. The summed E-state index contributed by atoms with van der Waals surface area (Å²) in [5.41, 5.74) is 1.66. The lowest BCUT2D eigenvalue weighted by Gasteiger charge is -2.34. The SMILES string of the molecule is Oc1cc(F)cc(C2CCCN(C[C@H](O)c3ccc(Cl)cc3)C2)c1. The summed E-state index contributed by atoms with van der Waals surface area (Å²) in [5, 5.41) is 20.7. The number of β-amino-alcohol motifs (C(OH)–C–C–N with tert-alkyl or cyclic N) is 1. The molecule has 0 bridgehead atoms. The van der Waals surface area contributed by atoms with E-state index in [4.69, 9.17) is 11.6 Å². The minimum Gasteiger partial charge on any atom is -0.508 e. The van der Waals surface area contributed by atoms with Gasteiger partial charge in [-0.25, -0.2) is 4.39 Å². The molecule has 0 spiro atoms. The molecule has 2 aromatic carbocycles. The van der Waals surface area contributed by atoms with Gasteiger partial charge in [-0.2, -0.15) is 0 Å². The molecule has 1 aliphatic rings. The highest BCUT2D eigenvalue weighted by molar-refractivity contribution is 6.30. The summed E-state index contributed by atoms with van der Waals surface area (Å²) in [6, 6.07) is 11.5. The average Bonchev–Trinajstić information content (AvgIpc) is 2.55. The van der Waals surface area contributed by atoms with Gasteiger partial charge >= 0.3 is 0 Å². The smallest absolute Gasteiger partial charge is 0.127 e. The van der Waals surface area contributed by atoms with Gasteiger partial charge in [0.2, 0.25) is 0 Å². The van der Waals surface area contributed by atoms with E-state index in [1.807, 2.05) is 12.1 Å². The van der Waals surface area contributed by atoms with E-state index in [1.54, 1.807) is 18.2 Å². The number of phenols is 1. The maximum absolute atomic E-state index is 13.5. The van der Waals surface area contributed by atoms with E-state index in [-0.39, 0.29) is 11.7 Å². The van der Waals surface area contributed by atoms with Crippen molar-refractivity contribution in [2.45, 2.75) is 24.9 Å². The standard InChI is InChI=1S/C19H21ClFNO2/c20-16-5-3-13(4-6-16)19(24)12-22-7-1-2-14(11-22)15-8-17(21)10-18(23)9-15/h3-6,8-10,14,19,23-24H,1-2,7,11-12H2/t14?,19-/m0/s1. The van der Waals surface area contributed by atoms with Gasteiger partial charge in [0, 0.05) is 24.2 Å². The quantitative estimate of drug-likeness (QED) is 0.873. The molecule has 3 rings (SSSR count). The van der Waals surface area contributed by atoms with Crippen LogP contribution in [0, 0.1) is 5.82 Å². The predicted octanol–water partition coefficient (Wildman–Crippen LogP) is 4.10. The van der Waals surface area contributed by atoms with Gasteiger partial charge < -0.3 is 10.2 Å². The fourth-order valence-corrected chi connectivity index (χ4v) is 3.49.